The van der Waals surface area contributed by atoms with Crippen LogP contribution >= 0.6 is 0 Å². The van der Waals surface area contributed by atoms with Crippen molar-refractivity contribution in [2.24, 2.45) is 0 Å². The number of aliphatic hydroxyl groups excluding tert-OH is 1. The number of nitrogens with zero attached hydrogens (tertiary/aromatic N) is 3. The number of benzene rings is 1. The highest BCUT2D eigenvalue weighted by molar-refractivity contribution is 5.83. The topological polar surface area (TPSA) is 65.6 Å². The van der Waals surface area contributed by atoms with Crippen LogP contribution in [0.4, 0.5) is 11.5 Å². The molecule has 0 aliphatic carbocycles. The SMILES string of the molecule is CN(C)CC1CC(O)CN1c1ccc2cc(N)ccc2n1. The van der Waals surface area contributed by atoms with Crippen LogP contribution in [0.3, 0.4) is 0 Å². The third-order valence-electron chi connectivity index (χ3n) is 3.96. The van der Waals surface area contributed by atoms with Crippen LogP contribution in [0.15, 0.2) is 30.3 Å². The average Bonchev–Trinajstić information content (AvgIpc) is 2.78. The van der Waals surface area contributed by atoms with E-state index < -0.39 is 0 Å². The summed E-state index contributed by atoms with van der Waals surface area (Å²) in [6.45, 7) is 1.56. The molecule has 3 rings (SSSR count). The van der Waals surface area contributed by atoms with Gasteiger partial charge in [-0.1, -0.05) is 0 Å². The lowest BCUT2D eigenvalue weighted by atomic mass is 10.2. The minimum absolute atomic E-state index is 0.279. The molecule has 1 aromatic heterocycles. The highest BCUT2D eigenvalue weighted by Crippen LogP contribution is 2.27. The van der Waals surface area contributed by atoms with Crippen molar-refractivity contribution in [2.45, 2.75) is 18.6 Å². The molecule has 2 heterocycles. The fourth-order valence-corrected chi connectivity index (χ4v) is 3.06. The van der Waals surface area contributed by atoms with Gasteiger partial charge in [-0.3, -0.25) is 0 Å². The molecule has 0 radical (unpaired) electrons. The molecule has 1 aliphatic heterocycles. The summed E-state index contributed by atoms with van der Waals surface area (Å²) in [5.41, 5.74) is 7.49. The maximum Gasteiger partial charge on any atom is 0.129 e. The molecule has 5 heteroatoms. The van der Waals surface area contributed by atoms with Crippen LogP contribution < -0.4 is 10.6 Å². The summed E-state index contributed by atoms with van der Waals surface area (Å²) in [5, 5.41) is 11.0. The molecule has 1 aromatic carbocycles. The molecule has 3 N–H and O–H groups in total. The number of aliphatic hydroxyl groups is 1. The van der Waals surface area contributed by atoms with Crippen LogP contribution in [-0.2, 0) is 0 Å². The van der Waals surface area contributed by atoms with Crippen molar-refractivity contribution in [3.8, 4) is 0 Å². The summed E-state index contributed by atoms with van der Waals surface area (Å²) in [6, 6.07) is 10.1. The molecular weight excluding hydrogens is 264 g/mol. The Morgan fingerprint density at radius 1 is 1.33 bits per heavy atom. The number of β-amino-alcohol motifs (C(OH)–C–C–N with tert-alkyl or cyclic N) is 1. The number of hydrogen-bond donors (Lipinski definition) is 2. The first-order valence-corrected chi connectivity index (χ1v) is 7.28. The third kappa shape index (κ3) is 2.94. The van der Waals surface area contributed by atoms with E-state index in [0.717, 1.165) is 35.4 Å². The smallest absolute Gasteiger partial charge is 0.129 e. The fourth-order valence-electron chi connectivity index (χ4n) is 3.06. The van der Waals surface area contributed by atoms with E-state index in [1.165, 1.54) is 0 Å². The summed E-state index contributed by atoms with van der Waals surface area (Å²) in [5.74, 6) is 0.927. The van der Waals surface area contributed by atoms with Crippen LogP contribution in [0.1, 0.15) is 6.42 Å². The number of nitrogen functional groups attached to an aromatic ring is 1. The van der Waals surface area contributed by atoms with E-state index in [-0.39, 0.29) is 6.10 Å². The van der Waals surface area contributed by atoms with Gasteiger partial charge in [0.05, 0.1) is 11.6 Å². The van der Waals surface area contributed by atoms with Crippen molar-refractivity contribution in [1.29, 1.82) is 0 Å². The Labute approximate surface area is 125 Å². The fraction of sp³-hybridized carbons (Fsp3) is 0.438. The Balaban J connectivity index is 1.92. The average molecular weight is 286 g/mol. The first-order chi connectivity index (χ1) is 10.0. The molecule has 2 aromatic rings. The van der Waals surface area contributed by atoms with Crippen LogP contribution in [0.2, 0.25) is 0 Å². The third-order valence-corrected chi connectivity index (χ3v) is 3.96. The first kappa shape index (κ1) is 14.1. The second-order valence-electron chi connectivity index (χ2n) is 6.08. The molecule has 0 amide bonds. The van der Waals surface area contributed by atoms with E-state index in [9.17, 15) is 5.11 Å². The van der Waals surface area contributed by atoms with Crippen molar-refractivity contribution < 1.29 is 5.11 Å². The summed E-state index contributed by atoms with van der Waals surface area (Å²) in [4.78, 5) is 9.09. The number of fused-ring (bicyclic) bond motifs is 1. The van der Waals surface area contributed by atoms with Gasteiger partial charge in [-0.05, 0) is 50.8 Å². The maximum absolute atomic E-state index is 9.99. The molecule has 21 heavy (non-hydrogen) atoms. The van der Waals surface area contributed by atoms with Gasteiger partial charge in [-0.25, -0.2) is 4.98 Å². The lowest BCUT2D eigenvalue weighted by molar-refractivity contribution is 0.191. The quantitative estimate of drug-likeness (QED) is 0.833. The van der Waals surface area contributed by atoms with Gasteiger partial charge in [0.2, 0.25) is 0 Å². The van der Waals surface area contributed by atoms with Crippen molar-refractivity contribution in [2.75, 3.05) is 37.8 Å². The number of pyridine rings is 1. The van der Waals surface area contributed by atoms with Gasteiger partial charge >= 0.3 is 0 Å². The molecule has 1 fully saturated rings. The highest BCUT2D eigenvalue weighted by atomic mass is 16.3. The molecular formula is C16H22N4O. The van der Waals surface area contributed by atoms with E-state index in [0.29, 0.717) is 12.6 Å². The Morgan fingerprint density at radius 2 is 2.14 bits per heavy atom. The lowest BCUT2D eigenvalue weighted by Gasteiger charge is -2.27. The highest BCUT2D eigenvalue weighted by Gasteiger charge is 2.32. The predicted molar refractivity (Wildman–Crippen MR) is 86.5 cm³/mol. The molecule has 1 saturated heterocycles. The summed E-state index contributed by atoms with van der Waals surface area (Å²) < 4.78 is 0. The first-order valence-electron chi connectivity index (χ1n) is 7.28. The lowest BCUT2D eigenvalue weighted by Crippen LogP contribution is -2.38. The second kappa shape index (κ2) is 5.50. The normalized spacial score (nSPS) is 22.4. The number of hydrogen-bond acceptors (Lipinski definition) is 5. The summed E-state index contributed by atoms with van der Waals surface area (Å²) >= 11 is 0. The monoisotopic (exact) mass is 286 g/mol. The maximum atomic E-state index is 9.99. The molecule has 0 saturated carbocycles. The van der Waals surface area contributed by atoms with E-state index >= 15 is 0 Å². The Morgan fingerprint density at radius 3 is 2.90 bits per heavy atom. The predicted octanol–water partition coefficient (Wildman–Crippen LogP) is 1.32. The van der Waals surface area contributed by atoms with Crippen molar-refractivity contribution in [3.05, 3.63) is 30.3 Å². The number of anilines is 2. The summed E-state index contributed by atoms with van der Waals surface area (Å²) in [7, 11) is 4.11. The minimum Gasteiger partial charge on any atom is -0.399 e. The van der Waals surface area contributed by atoms with Gasteiger partial charge in [0.25, 0.3) is 0 Å². The summed E-state index contributed by atoms with van der Waals surface area (Å²) in [6.07, 6.45) is 0.512. The Bertz CT molecular complexity index is 643. The van der Waals surface area contributed by atoms with Gasteiger partial charge in [-0.15, -0.1) is 0 Å². The second-order valence-corrected chi connectivity index (χ2v) is 6.08. The zero-order valence-electron chi connectivity index (χ0n) is 12.5. The Hall–Kier alpha value is -1.85. The molecule has 0 spiro atoms. The molecule has 0 bridgehead atoms. The van der Waals surface area contributed by atoms with Crippen LogP contribution in [0.25, 0.3) is 10.9 Å². The van der Waals surface area contributed by atoms with Crippen molar-refractivity contribution in [1.82, 2.24) is 9.88 Å². The van der Waals surface area contributed by atoms with Gasteiger partial charge in [0.15, 0.2) is 0 Å². The number of rotatable bonds is 3. The Kier molecular flexibility index (Phi) is 3.69. The van der Waals surface area contributed by atoms with Crippen LogP contribution in [-0.4, -0.2) is 54.3 Å². The van der Waals surface area contributed by atoms with Crippen molar-refractivity contribution in [3.63, 3.8) is 0 Å². The minimum atomic E-state index is -0.279. The molecule has 2 atom stereocenters. The standard InChI is InChI=1S/C16H22N4O/c1-19(2)9-13-8-14(21)10-20(13)16-6-3-11-7-12(17)4-5-15(11)18-16/h3-7,13-14,21H,8-10,17H2,1-2H3. The van der Waals surface area contributed by atoms with Crippen LogP contribution in [0, 0.1) is 0 Å². The van der Waals surface area contributed by atoms with Gasteiger partial charge in [0.1, 0.15) is 5.82 Å². The van der Waals surface area contributed by atoms with E-state index in [4.69, 9.17) is 10.7 Å². The molecule has 5 nitrogen and oxygen atoms in total. The van der Waals surface area contributed by atoms with Crippen molar-refractivity contribution >= 4 is 22.4 Å². The number of nitrogens with two attached hydrogens (primary N) is 1. The van der Waals surface area contributed by atoms with Crippen LogP contribution in [0.5, 0.6) is 0 Å². The molecule has 1 aliphatic rings. The van der Waals surface area contributed by atoms with Gasteiger partial charge in [-0.2, -0.15) is 0 Å². The van der Waals surface area contributed by atoms with E-state index in [1.807, 2.05) is 30.3 Å². The molecule has 2 unspecified atom stereocenters. The van der Waals surface area contributed by atoms with Gasteiger partial charge in [0, 0.05) is 30.2 Å². The molecule has 112 valence electrons. The number of aromatic nitrogens is 1. The largest absolute Gasteiger partial charge is 0.399 e. The van der Waals surface area contributed by atoms with E-state index in [1.54, 1.807) is 0 Å². The zero-order chi connectivity index (χ0) is 15.0. The number of likely N-dealkylation sites (N-methyl/N-ethyl adjacent to an activating group) is 1. The van der Waals surface area contributed by atoms with E-state index in [2.05, 4.69) is 23.9 Å². The zero-order valence-corrected chi connectivity index (χ0v) is 12.5. The van der Waals surface area contributed by atoms with Gasteiger partial charge < -0.3 is 20.6 Å².